The van der Waals surface area contributed by atoms with Crippen LogP contribution in [0.15, 0.2) is 43.2 Å². The van der Waals surface area contributed by atoms with Crippen LogP contribution in [0.1, 0.15) is 11.1 Å². The van der Waals surface area contributed by atoms with Gasteiger partial charge in [0.25, 0.3) is 0 Å². The highest BCUT2D eigenvalue weighted by molar-refractivity contribution is 6.38. The maximum atomic E-state index is 15.8. The molecule has 3 heterocycles. The number of piperazine rings is 1. The van der Waals surface area contributed by atoms with Gasteiger partial charge in [0.1, 0.15) is 11.9 Å². The van der Waals surface area contributed by atoms with E-state index in [1.165, 1.54) is 18.3 Å². The molecular weight excluding hydrogens is 455 g/mol. The number of amides is 1. The number of aryl methyl sites for hydroxylation is 1. The lowest BCUT2D eigenvalue weighted by Crippen LogP contribution is -2.48. The second kappa shape index (κ2) is 8.43. The van der Waals surface area contributed by atoms with Crippen molar-refractivity contribution >= 4 is 45.0 Å². The predicted molar refractivity (Wildman–Crippen MR) is 130 cm³/mol. The quantitative estimate of drug-likeness (QED) is 0.439. The van der Waals surface area contributed by atoms with Crippen molar-refractivity contribution in [1.82, 2.24) is 20.1 Å². The van der Waals surface area contributed by atoms with Crippen molar-refractivity contribution in [3.63, 3.8) is 0 Å². The molecule has 0 spiro atoms. The summed E-state index contributed by atoms with van der Waals surface area (Å²) < 4.78 is 15.8. The number of nitrogens with zero attached hydrogens (tertiary/aromatic N) is 5. The normalized spacial score (nSPS) is 13.9. The predicted octanol–water partition coefficient (Wildman–Crippen LogP) is 4.59. The highest BCUT2D eigenvalue weighted by Gasteiger charge is 2.26. The molecule has 1 N–H and O–H groups in total. The van der Waals surface area contributed by atoms with E-state index < -0.39 is 5.82 Å². The summed E-state index contributed by atoms with van der Waals surface area (Å²) in [6, 6.07) is 7.38. The van der Waals surface area contributed by atoms with Crippen molar-refractivity contribution in [3.8, 4) is 17.2 Å². The van der Waals surface area contributed by atoms with Crippen LogP contribution in [0.3, 0.4) is 0 Å². The number of rotatable bonds is 3. The number of fused-ring (bicyclic) bond motifs is 2. The van der Waals surface area contributed by atoms with Gasteiger partial charge in [-0.25, -0.2) is 4.39 Å². The lowest BCUT2D eigenvalue weighted by atomic mass is 9.95. The Bertz CT molecular complexity index is 1510. The molecule has 0 radical (unpaired) electrons. The SMILES string of the molecule is C=CC(=O)N1CCN(c2c(C#N)cnc3c(Cl)c(-c4c(C)ccc5cn[nH]c45)c(F)cc23)CC1. The fourth-order valence-electron chi connectivity index (χ4n) is 4.62. The van der Waals surface area contributed by atoms with Crippen molar-refractivity contribution < 1.29 is 9.18 Å². The number of halogens is 2. The molecule has 0 aliphatic carbocycles. The van der Waals surface area contributed by atoms with Crippen LogP contribution in [0.25, 0.3) is 32.9 Å². The number of benzene rings is 2. The molecule has 0 bridgehead atoms. The average molecular weight is 475 g/mol. The van der Waals surface area contributed by atoms with Gasteiger partial charge in [-0.2, -0.15) is 10.4 Å². The topological polar surface area (TPSA) is 88.9 Å². The van der Waals surface area contributed by atoms with Gasteiger partial charge in [-0.05, 0) is 24.6 Å². The number of anilines is 1. The maximum absolute atomic E-state index is 15.8. The lowest BCUT2D eigenvalue weighted by Gasteiger charge is -2.36. The van der Waals surface area contributed by atoms with E-state index in [4.69, 9.17) is 11.6 Å². The summed E-state index contributed by atoms with van der Waals surface area (Å²) >= 11 is 6.81. The van der Waals surface area contributed by atoms with Crippen molar-refractivity contribution in [1.29, 1.82) is 5.26 Å². The van der Waals surface area contributed by atoms with E-state index >= 15 is 4.39 Å². The lowest BCUT2D eigenvalue weighted by molar-refractivity contribution is -0.126. The summed E-state index contributed by atoms with van der Waals surface area (Å²) in [6.07, 6.45) is 4.44. The summed E-state index contributed by atoms with van der Waals surface area (Å²) in [7, 11) is 0. The number of aromatic amines is 1. The summed E-state index contributed by atoms with van der Waals surface area (Å²) in [5, 5.41) is 18.3. The zero-order chi connectivity index (χ0) is 24.0. The summed E-state index contributed by atoms with van der Waals surface area (Å²) in [5.74, 6) is -0.650. The van der Waals surface area contributed by atoms with Crippen LogP contribution in [0.5, 0.6) is 0 Å². The van der Waals surface area contributed by atoms with Crippen LogP contribution in [-0.4, -0.2) is 52.2 Å². The van der Waals surface area contributed by atoms with Crippen molar-refractivity contribution in [3.05, 3.63) is 65.2 Å². The molecule has 1 saturated heterocycles. The Labute approximate surface area is 200 Å². The van der Waals surface area contributed by atoms with Crippen LogP contribution < -0.4 is 4.90 Å². The van der Waals surface area contributed by atoms with E-state index in [9.17, 15) is 10.1 Å². The first-order valence-electron chi connectivity index (χ1n) is 10.7. The van der Waals surface area contributed by atoms with Gasteiger partial charge in [0.05, 0.1) is 33.5 Å². The number of hydrogen-bond acceptors (Lipinski definition) is 5. The molecule has 0 unspecified atom stereocenters. The minimum absolute atomic E-state index is 0.137. The van der Waals surface area contributed by atoms with E-state index in [2.05, 4.69) is 27.8 Å². The Morgan fingerprint density at radius 3 is 2.74 bits per heavy atom. The fraction of sp³-hybridized carbons (Fsp3) is 0.200. The van der Waals surface area contributed by atoms with Crippen LogP contribution in [0, 0.1) is 24.1 Å². The average Bonchev–Trinajstić information content (AvgIpc) is 3.33. The molecule has 9 heteroatoms. The highest BCUT2D eigenvalue weighted by Crippen LogP contribution is 2.43. The molecule has 170 valence electrons. The van der Waals surface area contributed by atoms with Gasteiger partial charge in [0, 0.05) is 54.3 Å². The Morgan fingerprint density at radius 1 is 1.26 bits per heavy atom. The van der Waals surface area contributed by atoms with Crippen molar-refractivity contribution in [2.24, 2.45) is 0 Å². The summed E-state index contributed by atoms with van der Waals surface area (Å²) in [6.45, 7) is 7.33. The van der Waals surface area contributed by atoms with E-state index in [0.29, 0.717) is 59.4 Å². The first-order chi connectivity index (χ1) is 16.4. The molecule has 0 saturated carbocycles. The summed E-state index contributed by atoms with van der Waals surface area (Å²) in [5.41, 5.74) is 3.71. The minimum Gasteiger partial charge on any atom is -0.366 e. The van der Waals surface area contributed by atoms with E-state index in [1.807, 2.05) is 24.0 Å². The molecule has 7 nitrogen and oxygen atoms in total. The van der Waals surface area contributed by atoms with Gasteiger partial charge in [0.2, 0.25) is 5.91 Å². The third-order valence-electron chi connectivity index (χ3n) is 6.30. The van der Waals surface area contributed by atoms with Gasteiger partial charge < -0.3 is 9.80 Å². The Hall–Kier alpha value is -3.96. The maximum Gasteiger partial charge on any atom is 0.246 e. The van der Waals surface area contributed by atoms with Crippen molar-refractivity contribution in [2.75, 3.05) is 31.1 Å². The Kier molecular flexibility index (Phi) is 5.42. The zero-order valence-corrected chi connectivity index (χ0v) is 19.2. The largest absolute Gasteiger partial charge is 0.366 e. The molecule has 0 atom stereocenters. The molecule has 1 aliphatic rings. The first-order valence-corrected chi connectivity index (χ1v) is 11.1. The number of aromatic nitrogens is 3. The van der Waals surface area contributed by atoms with E-state index in [-0.39, 0.29) is 16.5 Å². The van der Waals surface area contributed by atoms with Crippen LogP contribution in [0.2, 0.25) is 5.02 Å². The number of carbonyl (C=O) groups is 1. The third-order valence-corrected chi connectivity index (χ3v) is 6.67. The number of H-pyrrole nitrogens is 1. The number of carbonyl (C=O) groups excluding carboxylic acids is 1. The molecule has 1 fully saturated rings. The van der Waals surface area contributed by atoms with Gasteiger partial charge in [-0.1, -0.05) is 30.3 Å². The molecule has 1 amide bonds. The number of nitriles is 1. The van der Waals surface area contributed by atoms with Crippen LogP contribution >= 0.6 is 11.6 Å². The van der Waals surface area contributed by atoms with Crippen molar-refractivity contribution in [2.45, 2.75) is 6.92 Å². The third kappa shape index (κ3) is 3.37. The Balaban J connectivity index is 1.69. The van der Waals surface area contributed by atoms with Crippen LogP contribution in [-0.2, 0) is 4.79 Å². The second-order valence-electron chi connectivity index (χ2n) is 8.18. The number of hydrogen-bond donors (Lipinski definition) is 1. The van der Waals surface area contributed by atoms with Gasteiger partial charge in [-0.3, -0.25) is 14.9 Å². The molecule has 34 heavy (non-hydrogen) atoms. The van der Waals surface area contributed by atoms with Gasteiger partial charge in [0.15, 0.2) is 0 Å². The molecule has 2 aromatic carbocycles. The number of nitrogens with one attached hydrogen (secondary N) is 1. The molecule has 2 aromatic heterocycles. The molecule has 1 aliphatic heterocycles. The number of pyridine rings is 1. The minimum atomic E-state index is -0.513. The standard InChI is InChI=1S/C25H20ClFN6O/c1-3-19(34)32-6-8-33(9-7-32)25-16(11-28)12-29-24-17(25)10-18(27)21(22(24)26)20-14(2)4-5-15-13-30-31-23(15)20/h3-5,10,12-13H,1,6-9H2,2H3,(H,30,31). The van der Waals surface area contributed by atoms with Gasteiger partial charge in [-0.15, -0.1) is 0 Å². The zero-order valence-electron chi connectivity index (χ0n) is 18.4. The van der Waals surface area contributed by atoms with E-state index in [0.717, 1.165) is 10.9 Å². The first kappa shape index (κ1) is 21.9. The highest BCUT2D eigenvalue weighted by atomic mass is 35.5. The summed E-state index contributed by atoms with van der Waals surface area (Å²) in [4.78, 5) is 20.1. The fourth-order valence-corrected chi connectivity index (χ4v) is 4.96. The van der Waals surface area contributed by atoms with Crippen LogP contribution in [0.4, 0.5) is 10.1 Å². The van der Waals surface area contributed by atoms with E-state index in [1.54, 1.807) is 11.1 Å². The molecule has 5 rings (SSSR count). The smallest absolute Gasteiger partial charge is 0.246 e. The molecule has 4 aromatic rings. The second-order valence-corrected chi connectivity index (χ2v) is 8.56. The monoisotopic (exact) mass is 474 g/mol. The molecular formula is C25H20ClFN6O. The Morgan fingerprint density at radius 2 is 2.03 bits per heavy atom. The van der Waals surface area contributed by atoms with Gasteiger partial charge >= 0.3 is 0 Å².